The van der Waals surface area contributed by atoms with Crippen LogP contribution in [-0.4, -0.2) is 35.9 Å². The molecule has 1 aliphatic rings. The number of hydrogen-bond donors (Lipinski definition) is 0. The molecule has 1 fully saturated rings. The summed E-state index contributed by atoms with van der Waals surface area (Å²) in [5.41, 5.74) is 0. The van der Waals surface area contributed by atoms with Gasteiger partial charge in [0.2, 0.25) is 6.10 Å². The van der Waals surface area contributed by atoms with Gasteiger partial charge >= 0.3 is 12.3 Å². The molecule has 0 saturated carbocycles. The van der Waals surface area contributed by atoms with Crippen LogP contribution < -0.4 is 0 Å². The van der Waals surface area contributed by atoms with E-state index in [2.05, 4.69) is 4.74 Å². The first-order valence-electron chi connectivity index (χ1n) is 3.86. The molecule has 0 aromatic carbocycles. The third-order valence-electron chi connectivity index (χ3n) is 1.83. The highest BCUT2D eigenvalue weighted by molar-refractivity contribution is 5.70. The van der Waals surface area contributed by atoms with Crippen LogP contribution in [0.2, 0.25) is 0 Å². The van der Waals surface area contributed by atoms with E-state index in [1.165, 1.54) is 0 Å². The van der Waals surface area contributed by atoms with Gasteiger partial charge in [0.15, 0.2) is 0 Å². The van der Waals surface area contributed by atoms with Crippen LogP contribution in [0.5, 0.6) is 0 Å². The summed E-state index contributed by atoms with van der Waals surface area (Å²) >= 11 is 0. The first-order chi connectivity index (χ1) is 5.82. The van der Waals surface area contributed by atoms with Gasteiger partial charge in [-0.05, 0) is 13.8 Å². The van der Waals surface area contributed by atoms with Crippen molar-refractivity contribution in [3.63, 3.8) is 0 Å². The predicted molar refractivity (Wildman–Crippen MR) is 38.2 cm³/mol. The number of halogens is 3. The third-order valence-corrected chi connectivity index (χ3v) is 1.83. The van der Waals surface area contributed by atoms with E-state index in [1.807, 2.05) is 0 Å². The minimum atomic E-state index is -4.46. The molecule has 6 heteroatoms. The van der Waals surface area contributed by atoms with Crippen LogP contribution in [0.1, 0.15) is 13.8 Å². The fourth-order valence-corrected chi connectivity index (χ4v) is 1.07. The number of ether oxygens (including phenoxy) is 1. The lowest BCUT2D eigenvalue weighted by atomic mass is 10.3. The molecule has 3 nitrogen and oxygen atoms in total. The second-order valence-electron chi connectivity index (χ2n) is 3.16. The van der Waals surface area contributed by atoms with Crippen molar-refractivity contribution in [2.24, 2.45) is 0 Å². The molecule has 0 bridgehead atoms. The Morgan fingerprint density at radius 3 is 2.31 bits per heavy atom. The zero-order chi connectivity index (χ0) is 10.2. The highest BCUT2D eigenvalue weighted by Gasteiger charge is 2.49. The quantitative estimate of drug-likeness (QED) is 0.641. The molecule has 0 aromatic heterocycles. The van der Waals surface area contributed by atoms with Crippen molar-refractivity contribution in [1.82, 2.24) is 4.90 Å². The van der Waals surface area contributed by atoms with Crippen LogP contribution in [0.3, 0.4) is 0 Å². The molecule has 0 aliphatic carbocycles. The average molecular weight is 197 g/mol. The lowest BCUT2D eigenvalue weighted by Gasteiger charge is -2.17. The van der Waals surface area contributed by atoms with E-state index < -0.39 is 24.9 Å². The monoisotopic (exact) mass is 197 g/mol. The first kappa shape index (κ1) is 10.1. The summed E-state index contributed by atoms with van der Waals surface area (Å²) < 4.78 is 40.4. The smallest absolute Gasteiger partial charge is 0.427 e. The van der Waals surface area contributed by atoms with E-state index in [0.29, 0.717) is 0 Å². The molecular weight excluding hydrogens is 187 g/mol. The molecule has 0 N–H and O–H groups in total. The fraction of sp³-hybridized carbons (Fsp3) is 0.857. The molecule has 0 aromatic rings. The van der Waals surface area contributed by atoms with Crippen molar-refractivity contribution in [2.75, 3.05) is 6.54 Å². The maximum absolute atomic E-state index is 12.1. The minimum absolute atomic E-state index is 0.264. The summed E-state index contributed by atoms with van der Waals surface area (Å²) in [6.07, 6.45) is -7.32. The number of alkyl halides is 3. The Kier molecular flexibility index (Phi) is 2.40. The summed E-state index contributed by atoms with van der Waals surface area (Å²) in [5.74, 6) is 0. The number of nitrogens with zero attached hydrogens (tertiary/aromatic N) is 1. The van der Waals surface area contributed by atoms with Crippen LogP contribution in [-0.2, 0) is 4.74 Å². The molecule has 13 heavy (non-hydrogen) atoms. The minimum Gasteiger partial charge on any atom is -0.434 e. The van der Waals surface area contributed by atoms with Crippen molar-refractivity contribution < 1.29 is 22.7 Å². The Bertz CT molecular complexity index is 214. The van der Waals surface area contributed by atoms with Crippen molar-refractivity contribution in [1.29, 1.82) is 0 Å². The molecule has 1 saturated heterocycles. The van der Waals surface area contributed by atoms with Crippen molar-refractivity contribution in [3.8, 4) is 0 Å². The van der Waals surface area contributed by atoms with Crippen LogP contribution in [0.4, 0.5) is 18.0 Å². The number of carbonyl (C=O) groups excluding carboxylic acids is 1. The lowest BCUT2D eigenvalue weighted by Crippen LogP contribution is -2.35. The van der Waals surface area contributed by atoms with E-state index in [-0.39, 0.29) is 6.04 Å². The second kappa shape index (κ2) is 3.08. The highest BCUT2D eigenvalue weighted by atomic mass is 19.4. The average Bonchev–Trinajstić information content (AvgIpc) is 2.29. The van der Waals surface area contributed by atoms with Crippen LogP contribution in [0.25, 0.3) is 0 Å². The van der Waals surface area contributed by atoms with Gasteiger partial charge in [-0.1, -0.05) is 0 Å². The molecule has 0 spiro atoms. The maximum atomic E-state index is 12.1. The van der Waals surface area contributed by atoms with Gasteiger partial charge in [-0.15, -0.1) is 0 Å². The Balaban J connectivity index is 2.66. The topological polar surface area (TPSA) is 29.5 Å². The van der Waals surface area contributed by atoms with E-state index >= 15 is 0 Å². The summed E-state index contributed by atoms with van der Waals surface area (Å²) in [5, 5.41) is 0. The standard InChI is InChI=1S/C7H10F3NO2/c1-4(2)11-3-5(7(8,9)10)13-6(11)12/h4-5H,3H2,1-2H3. The molecular formula is C7H10F3NO2. The summed E-state index contributed by atoms with van der Waals surface area (Å²) in [4.78, 5) is 11.9. The number of hydrogen-bond acceptors (Lipinski definition) is 2. The number of amides is 1. The largest absolute Gasteiger partial charge is 0.434 e. The number of carbonyl (C=O) groups is 1. The van der Waals surface area contributed by atoms with Crippen molar-refractivity contribution >= 4 is 6.09 Å². The van der Waals surface area contributed by atoms with Gasteiger partial charge in [0.05, 0.1) is 6.54 Å². The van der Waals surface area contributed by atoms with Gasteiger partial charge in [-0.25, -0.2) is 4.79 Å². The normalized spacial score (nSPS) is 24.0. The Labute approximate surface area is 73.5 Å². The predicted octanol–water partition coefficient (Wildman–Crippen LogP) is 1.78. The van der Waals surface area contributed by atoms with Crippen LogP contribution >= 0.6 is 0 Å². The van der Waals surface area contributed by atoms with Crippen molar-refractivity contribution in [2.45, 2.75) is 32.2 Å². The van der Waals surface area contributed by atoms with E-state index in [9.17, 15) is 18.0 Å². The molecule has 1 heterocycles. The molecule has 0 radical (unpaired) electrons. The van der Waals surface area contributed by atoms with Crippen molar-refractivity contribution in [3.05, 3.63) is 0 Å². The second-order valence-corrected chi connectivity index (χ2v) is 3.16. The Morgan fingerprint density at radius 1 is 1.54 bits per heavy atom. The van der Waals surface area contributed by atoms with Gasteiger partial charge in [0, 0.05) is 6.04 Å². The third kappa shape index (κ3) is 2.05. The first-order valence-corrected chi connectivity index (χ1v) is 3.86. The molecule has 1 amide bonds. The van der Waals surface area contributed by atoms with Gasteiger partial charge < -0.3 is 9.64 Å². The van der Waals surface area contributed by atoms with E-state index in [4.69, 9.17) is 0 Å². The Morgan fingerprint density at radius 2 is 2.08 bits per heavy atom. The molecule has 1 atom stereocenters. The number of rotatable bonds is 1. The maximum Gasteiger partial charge on any atom is 0.427 e. The number of cyclic esters (lactones) is 1. The van der Waals surface area contributed by atoms with Gasteiger partial charge in [-0.3, -0.25) is 0 Å². The molecule has 1 rings (SSSR count). The lowest BCUT2D eigenvalue weighted by molar-refractivity contribution is -0.192. The van der Waals surface area contributed by atoms with Crippen LogP contribution in [0.15, 0.2) is 0 Å². The molecule has 1 aliphatic heterocycles. The zero-order valence-corrected chi connectivity index (χ0v) is 7.26. The van der Waals surface area contributed by atoms with E-state index in [1.54, 1.807) is 13.8 Å². The molecule has 1 unspecified atom stereocenters. The van der Waals surface area contributed by atoms with Gasteiger partial charge in [-0.2, -0.15) is 13.2 Å². The SMILES string of the molecule is CC(C)N1CC(C(F)(F)F)OC1=O. The van der Waals surface area contributed by atoms with Gasteiger partial charge in [0.1, 0.15) is 0 Å². The summed E-state index contributed by atoms with van der Waals surface area (Å²) in [7, 11) is 0. The fourth-order valence-electron chi connectivity index (χ4n) is 1.07. The van der Waals surface area contributed by atoms with Gasteiger partial charge in [0.25, 0.3) is 0 Å². The Hall–Kier alpha value is -0.940. The highest BCUT2D eigenvalue weighted by Crippen LogP contribution is 2.28. The molecule has 76 valence electrons. The van der Waals surface area contributed by atoms with Crippen LogP contribution in [0, 0.1) is 0 Å². The van der Waals surface area contributed by atoms with E-state index in [0.717, 1.165) is 4.90 Å². The zero-order valence-electron chi connectivity index (χ0n) is 7.26. The summed E-state index contributed by atoms with van der Waals surface area (Å²) in [6, 6.07) is -0.264. The summed E-state index contributed by atoms with van der Waals surface area (Å²) in [6.45, 7) is 2.88.